The van der Waals surface area contributed by atoms with E-state index >= 15 is 0 Å². The first-order valence-corrected chi connectivity index (χ1v) is 6.64. The minimum atomic E-state index is -1.78. The molecule has 3 rings (SSSR count). The van der Waals surface area contributed by atoms with Gasteiger partial charge >= 0.3 is 5.97 Å². The number of cyclic esters (lactones) is 1. The monoisotopic (exact) mass is 326 g/mol. The summed E-state index contributed by atoms with van der Waals surface area (Å²) in [6.07, 6.45) is -2.68. The van der Waals surface area contributed by atoms with Crippen molar-refractivity contribution < 1.29 is 44.5 Å². The van der Waals surface area contributed by atoms with Crippen LogP contribution in [-0.2, 0) is 24.8 Å². The third-order valence-electron chi connectivity index (χ3n) is 3.58. The number of benzene rings is 1. The average molecular weight is 326 g/mol. The van der Waals surface area contributed by atoms with E-state index in [-0.39, 0.29) is 22.8 Å². The van der Waals surface area contributed by atoms with Crippen LogP contribution in [0.25, 0.3) is 0 Å². The zero-order chi connectivity index (χ0) is 16.9. The highest BCUT2D eigenvalue weighted by atomic mass is 16.8. The number of esters is 1. The molecule has 0 bridgehead atoms. The Morgan fingerprint density at radius 2 is 1.83 bits per heavy atom. The lowest BCUT2D eigenvalue weighted by Gasteiger charge is -2.29. The van der Waals surface area contributed by atoms with Crippen molar-refractivity contribution in [1.82, 2.24) is 0 Å². The number of aliphatic hydroxyl groups excluding tert-OH is 2. The third kappa shape index (κ3) is 2.21. The highest BCUT2D eigenvalue weighted by Crippen LogP contribution is 2.50. The SMILES string of the molecule is CC1(c2c(O)cc(O)cc2O)OC2=C(O1)C(C(O)CO)OC2=O. The smallest absolute Gasteiger partial charge is 0.378 e. The zero-order valence-corrected chi connectivity index (χ0v) is 11.9. The Kier molecular flexibility index (Phi) is 3.27. The van der Waals surface area contributed by atoms with Crippen molar-refractivity contribution in [2.24, 2.45) is 0 Å². The first-order valence-electron chi connectivity index (χ1n) is 6.64. The topological polar surface area (TPSA) is 146 Å². The minimum Gasteiger partial charge on any atom is -0.508 e. The van der Waals surface area contributed by atoms with Crippen LogP contribution in [0.4, 0.5) is 0 Å². The number of hydrogen-bond donors (Lipinski definition) is 5. The Hall–Kier alpha value is -2.65. The summed E-state index contributed by atoms with van der Waals surface area (Å²) in [7, 11) is 0. The van der Waals surface area contributed by atoms with Gasteiger partial charge in [0.05, 0.1) is 6.61 Å². The maximum atomic E-state index is 11.8. The van der Waals surface area contributed by atoms with Gasteiger partial charge in [0.2, 0.25) is 0 Å². The van der Waals surface area contributed by atoms with E-state index in [2.05, 4.69) is 0 Å². The molecular weight excluding hydrogens is 312 g/mol. The van der Waals surface area contributed by atoms with Crippen molar-refractivity contribution in [3.05, 3.63) is 29.2 Å². The van der Waals surface area contributed by atoms with Crippen LogP contribution in [0.15, 0.2) is 23.7 Å². The molecule has 23 heavy (non-hydrogen) atoms. The summed E-state index contributed by atoms with van der Waals surface area (Å²) < 4.78 is 15.7. The maximum absolute atomic E-state index is 11.8. The van der Waals surface area contributed by atoms with E-state index in [1.165, 1.54) is 6.92 Å². The van der Waals surface area contributed by atoms with Crippen LogP contribution in [0.1, 0.15) is 12.5 Å². The first-order chi connectivity index (χ1) is 10.8. The quantitative estimate of drug-likeness (QED) is 0.464. The van der Waals surface area contributed by atoms with Gasteiger partial charge in [-0.3, -0.25) is 0 Å². The largest absolute Gasteiger partial charge is 0.508 e. The summed E-state index contributed by atoms with van der Waals surface area (Å²) in [5, 5.41) is 47.9. The zero-order valence-electron chi connectivity index (χ0n) is 11.9. The van der Waals surface area contributed by atoms with Crippen LogP contribution in [0.3, 0.4) is 0 Å². The molecule has 0 radical (unpaired) electrons. The lowest BCUT2D eigenvalue weighted by Crippen LogP contribution is -2.35. The molecule has 1 aromatic carbocycles. The van der Waals surface area contributed by atoms with Gasteiger partial charge in [-0.05, 0) is 0 Å². The highest BCUT2D eigenvalue weighted by Gasteiger charge is 2.54. The Morgan fingerprint density at radius 3 is 2.39 bits per heavy atom. The van der Waals surface area contributed by atoms with Crippen molar-refractivity contribution in [2.45, 2.75) is 24.9 Å². The number of carbonyl (C=O) groups excluding carboxylic acids is 1. The molecule has 1 aromatic rings. The third-order valence-corrected chi connectivity index (χ3v) is 3.58. The van der Waals surface area contributed by atoms with Crippen LogP contribution in [0, 0.1) is 0 Å². The lowest BCUT2D eigenvalue weighted by atomic mass is 10.0. The van der Waals surface area contributed by atoms with Crippen molar-refractivity contribution >= 4 is 5.97 Å². The molecule has 9 nitrogen and oxygen atoms in total. The molecule has 0 aliphatic carbocycles. The van der Waals surface area contributed by atoms with E-state index in [0.717, 1.165) is 12.1 Å². The molecule has 5 N–H and O–H groups in total. The predicted octanol–water partition coefficient (Wildman–Crippen LogP) is -0.487. The second kappa shape index (κ2) is 4.93. The molecule has 124 valence electrons. The molecule has 2 aliphatic heterocycles. The molecule has 0 fully saturated rings. The number of aliphatic hydroxyl groups is 2. The average Bonchev–Trinajstić information content (AvgIpc) is 2.93. The number of ether oxygens (including phenoxy) is 3. The molecule has 9 heteroatoms. The Bertz CT molecular complexity index is 687. The van der Waals surface area contributed by atoms with Gasteiger partial charge in [0.15, 0.2) is 11.9 Å². The summed E-state index contributed by atoms with van der Waals surface area (Å²) in [6, 6.07) is 1.93. The van der Waals surface area contributed by atoms with Gasteiger partial charge in [0.1, 0.15) is 28.9 Å². The normalized spacial score (nSPS) is 27.3. The number of phenols is 3. The molecule has 0 saturated heterocycles. The Labute approximate surface area is 129 Å². The van der Waals surface area contributed by atoms with Crippen molar-refractivity contribution in [3.63, 3.8) is 0 Å². The maximum Gasteiger partial charge on any atom is 0.378 e. The van der Waals surface area contributed by atoms with Crippen LogP contribution >= 0.6 is 0 Å². The summed E-state index contributed by atoms with van der Waals surface area (Å²) in [5.41, 5.74) is -0.213. The molecule has 2 heterocycles. The van der Waals surface area contributed by atoms with Gasteiger partial charge < -0.3 is 39.7 Å². The molecular formula is C14H14O9. The van der Waals surface area contributed by atoms with Crippen molar-refractivity contribution in [3.8, 4) is 17.2 Å². The number of carbonyl (C=O) groups is 1. The van der Waals surface area contributed by atoms with E-state index in [1.54, 1.807) is 0 Å². The van der Waals surface area contributed by atoms with Crippen LogP contribution in [-0.4, -0.2) is 50.3 Å². The summed E-state index contributed by atoms with van der Waals surface area (Å²) in [4.78, 5) is 11.8. The van der Waals surface area contributed by atoms with Gasteiger partial charge in [0, 0.05) is 19.1 Å². The molecule has 0 amide bonds. The standard InChI is InChI=1S/C14H14O9/c1-14(9-6(17)2-5(16)3-7(9)18)22-11-10(8(19)4-15)21-13(20)12(11)23-14/h2-3,8,10,15-19H,4H2,1H3. The van der Waals surface area contributed by atoms with E-state index in [9.17, 15) is 25.2 Å². The van der Waals surface area contributed by atoms with Gasteiger partial charge in [-0.2, -0.15) is 0 Å². The van der Waals surface area contributed by atoms with Crippen LogP contribution in [0.2, 0.25) is 0 Å². The molecule has 2 aliphatic rings. The van der Waals surface area contributed by atoms with Crippen LogP contribution in [0.5, 0.6) is 17.2 Å². The Morgan fingerprint density at radius 1 is 1.22 bits per heavy atom. The molecule has 3 unspecified atom stereocenters. The molecule has 0 aromatic heterocycles. The summed E-state index contributed by atoms with van der Waals surface area (Å²) in [5.74, 6) is -4.56. The summed E-state index contributed by atoms with van der Waals surface area (Å²) >= 11 is 0. The highest BCUT2D eigenvalue weighted by molar-refractivity contribution is 5.90. The number of phenolic OH excluding ortho intramolecular Hbond substituents is 3. The van der Waals surface area contributed by atoms with E-state index in [1.807, 2.05) is 0 Å². The first kappa shape index (κ1) is 15.3. The van der Waals surface area contributed by atoms with E-state index < -0.39 is 42.1 Å². The van der Waals surface area contributed by atoms with Gasteiger partial charge in [-0.15, -0.1) is 0 Å². The van der Waals surface area contributed by atoms with Gasteiger partial charge in [-0.1, -0.05) is 0 Å². The second-order valence-corrected chi connectivity index (χ2v) is 5.28. The minimum absolute atomic E-state index is 0.147. The second-order valence-electron chi connectivity index (χ2n) is 5.28. The van der Waals surface area contributed by atoms with Crippen molar-refractivity contribution in [1.29, 1.82) is 0 Å². The lowest BCUT2D eigenvalue weighted by molar-refractivity contribution is -0.189. The predicted molar refractivity (Wildman–Crippen MR) is 71.0 cm³/mol. The number of aromatic hydroxyl groups is 3. The molecule has 0 spiro atoms. The fourth-order valence-corrected chi connectivity index (χ4v) is 2.59. The fourth-order valence-electron chi connectivity index (χ4n) is 2.59. The van der Waals surface area contributed by atoms with Crippen LogP contribution < -0.4 is 0 Å². The van der Waals surface area contributed by atoms with Crippen molar-refractivity contribution in [2.75, 3.05) is 6.61 Å². The molecule has 0 saturated carbocycles. The van der Waals surface area contributed by atoms with Gasteiger partial charge in [0.25, 0.3) is 11.5 Å². The Balaban J connectivity index is 1.99. The van der Waals surface area contributed by atoms with Gasteiger partial charge in [-0.25, -0.2) is 4.79 Å². The fraction of sp³-hybridized carbons (Fsp3) is 0.357. The number of rotatable bonds is 3. The van der Waals surface area contributed by atoms with E-state index in [0.29, 0.717) is 0 Å². The summed E-state index contributed by atoms with van der Waals surface area (Å²) in [6.45, 7) is 0.650. The number of hydrogen-bond acceptors (Lipinski definition) is 9. The van der Waals surface area contributed by atoms with E-state index in [4.69, 9.17) is 19.3 Å². The molecule has 3 atom stereocenters.